The zero-order valence-corrected chi connectivity index (χ0v) is 17.8. The normalized spacial score (nSPS) is 18.1. The molecule has 0 spiro atoms. The lowest BCUT2D eigenvalue weighted by Crippen LogP contribution is -2.55. The first-order chi connectivity index (χ1) is 15.5. The van der Waals surface area contributed by atoms with E-state index in [1.54, 1.807) is 48.7 Å². The summed E-state index contributed by atoms with van der Waals surface area (Å²) in [5, 5.41) is 3.20. The Morgan fingerprint density at radius 3 is 2.53 bits per heavy atom. The summed E-state index contributed by atoms with van der Waals surface area (Å²) in [6.07, 6.45) is 4.46. The van der Waals surface area contributed by atoms with Gasteiger partial charge in [-0.25, -0.2) is 4.98 Å². The lowest BCUT2D eigenvalue weighted by atomic mass is 9.76. The molecule has 0 aliphatic carbocycles. The molecular weight excluding hydrogens is 406 g/mol. The molecule has 0 radical (unpaired) electrons. The number of nitrogens with zero attached hydrogens (tertiary/aromatic N) is 3. The predicted octanol–water partition coefficient (Wildman–Crippen LogP) is 2.89. The average molecular weight is 431 g/mol. The van der Waals surface area contributed by atoms with Crippen LogP contribution in [0.5, 0.6) is 5.75 Å². The van der Waals surface area contributed by atoms with Crippen molar-refractivity contribution in [3.05, 3.63) is 78.2 Å². The van der Waals surface area contributed by atoms with E-state index in [0.717, 1.165) is 11.4 Å². The van der Waals surface area contributed by atoms with Crippen LogP contribution in [0.2, 0.25) is 0 Å². The first-order valence-electron chi connectivity index (χ1n) is 10.4. The van der Waals surface area contributed by atoms with Crippen molar-refractivity contribution in [1.29, 1.82) is 0 Å². The second-order valence-corrected chi connectivity index (χ2v) is 7.74. The molecular formula is C24H25N5O3. The summed E-state index contributed by atoms with van der Waals surface area (Å²) in [6, 6.07) is 16.2. The molecule has 3 N–H and O–H groups in total. The third-order valence-corrected chi connectivity index (χ3v) is 5.80. The Hall–Kier alpha value is -3.94. The summed E-state index contributed by atoms with van der Waals surface area (Å²) in [4.78, 5) is 36.5. The second kappa shape index (κ2) is 9.05. The quantitative estimate of drug-likeness (QED) is 0.621. The zero-order chi connectivity index (χ0) is 22.6. The predicted molar refractivity (Wildman–Crippen MR) is 121 cm³/mol. The van der Waals surface area contributed by atoms with Gasteiger partial charge in [-0.05, 0) is 61.4 Å². The first-order valence-corrected chi connectivity index (χ1v) is 10.4. The van der Waals surface area contributed by atoms with Gasteiger partial charge in [-0.2, -0.15) is 0 Å². The number of amides is 2. The van der Waals surface area contributed by atoms with E-state index in [-0.39, 0.29) is 12.5 Å². The molecule has 0 saturated carbocycles. The van der Waals surface area contributed by atoms with Crippen LogP contribution in [0.25, 0.3) is 0 Å². The standard InChI is InChI=1S/C24H25N5O3/c1-32-18-10-8-17(9-11-18)28-21-19(6-4-14-27-21)22(30)29-15-5-12-24(16-29,23(25)31)20-7-2-3-13-26-20/h2-4,6-11,13-14H,5,12,15-16H2,1H3,(H2,25,31)(H,27,28)/t24-/m0/s1. The number of carbonyl (C=O) groups is 2. The minimum Gasteiger partial charge on any atom is -0.497 e. The van der Waals surface area contributed by atoms with Crippen LogP contribution in [0, 0.1) is 0 Å². The van der Waals surface area contributed by atoms with Gasteiger partial charge in [0.25, 0.3) is 5.91 Å². The third-order valence-electron chi connectivity index (χ3n) is 5.80. The summed E-state index contributed by atoms with van der Waals surface area (Å²) in [5.74, 6) is 0.487. The molecule has 8 nitrogen and oxygen atoms in total. The number of pyridine rings is 2. The molecule has 3 aromatic rings. The van der Waals surface area contributed by atoms with Gasteiger partial charge in [0.2, 0.25) is 5.91 Å². The maximum atomic E-state index is 13.5. The molecule has 32 heavy (non-hydrogen) atoms. The minimum absolute atomic E-state index is 0.176. The third kappa shape index (κ3) is 4.12. The molecule has 0 unspecified atom stereocenters. The van der Waals surface area contributed by atoms with Crippen molar-refractivity contribution in [3.63, 3.8) is 0 Å². The summed E-state index contributed by atoms with van der Waals surface area (Å²) in [6.45, 7) is 0.701. The highest BCUT2D eigenvalue weighted by atomic mass is 16.5. The molecule has 8 heteroatoms. The van der Waals surface area contributed by atoms with Crippen LogP contribution in [0.1, 0.15) is 28.9 Å². The van der Waals surface area contributed by atoms with Crippen LogP contribution in [0.15, 0.2) is 67.0 Å². The smallest absolute Gasteiger partial charge is 0.257 e. The highest BCUT2D eigenvalue weighted by Gasteiger charge is 2.45. The molecule has 0 bridgehead atoms. The number of primary amides is 1. The van der Waals surface area contributed by atoms with E-state index in [9.17, 15) is 9.59 Å². The molecule has 1 aliphatic heterocycles. The number of carbonyl (C=O) groups excluding carboxylic acids is 2. The Kier molecular flexibility index (Phi) is 6.02. The molecule has 2 amide bonds. The lowest BCUT2D eigenvalue weighted by molar-refractivity contribution is -0.125. The fourth-order valence-electron chi connectivity index (χ4n) is 4.07. The maximum Gasteiger partial charge on any atom is 0.257 e. The number of nitrogens with one attached hydrogen (secondary N) is 1. The highest BCUT2D eigenvalue weighted by molar-refractivity contribution is 6.00. The van der Waals surface area contributed by atoms with Gasteiger partial charge in [-0.1, -0.05) is 6.07 Å². The molecule has 1 aromatic carbocycles. The number of nitrogens with two attached hydrogens (primary N) is 1. The Bertz CT molecular complexity index is 1100. The van der Waals surface area contributed by atoms with Gasteiger partial charge in [0, 0.05) is 31.2 Å². The largest absolute Gasteiger partial charge is 0.497 e. The number of hydrogen-bond acceptors (Lipinski definition) is 6. The fourth-order valence-corrected chi connectivity index (χ4v) is 4.07. The van der Waals surface area contributed by atoms with Gasteiger partial charge >= 0.3 is 0 Å². The summed E-state index contributed by atoms with van der Waals surface area (Å²) in [7, 11) is 1.60. The summed E-state index contributed by atoms with van der Waals surface area (Å²) in [5.41, 5.74) is 6.61. The van der Waals surface area contributed by atoms with Crippen molar-refractivity contribution in [1.82, 2.24) is 14.9 Å². The van der Waals surface area contributed by atoms with E-state index >= 15 is 0 Å². The van der Waals surface area contributed by atoms with Crippen molar-refractivity contribution < 1.29 is 14.3 Å². The average Bonchev–Trinajstić information content (AvgIpc) is 2.85. The minimum atomic E-state index is -1.01. The van der Waals surface area contributed by atoms with E-state index in [0.29, 0.717) is 36.5 Å². The van der Waals surface area contributed by atoms with Crippen LogP contribution < -0.4 is 15.8 Å². The number of piperidine rings is 1. The number of rotatable bonds is 6. The maximum absolute atomic E-state index is 13.5. The number of ether oxygens (including phenoxy) is 1. The molecule has 1 atom stereocenters. The molecule has 3 heterocycles. The van der Waals surface area contributed by atoms with Crippen LogP contribution in [0.4, 0.5) is 11.5 Å². The first kappa shape index (κ1) is 21.3. The van der Waals surface area contributed by atoms with Gasteiger partial charge < -0.3 is 20.7 Å². The second-order valence-electron chi connectivity index (χ2n) is 7.74. The number of aromatic nitrogens is 2. The summed E-state index contributed by atoms with van der Waals surface area (Å²) < 4.78 is 5.19. The Morgan fingerprint density at radius 1 is 1.06 bits per heavy atom. The fraction of sp³-hybridized carbons (Fsp3) is 0.250. The Labute approximate surface area is 186 Å². The van der Waals surface area contributed by atoms with Gasteiger partial charge in [0.05, 0.1) is 18.4 Å². The molecule has 164 valence electrons. The Balaban J connectivity index is 1.61. The van der Waals surface area contributed by atoms with Crippen LogP contribution in [-0.4, -0.2) is 46.9 Å². The van der Waals surface area contributed by atoms with Crippen molar-refractivity contribution in [3.8, 4) is 5.75 Å². The molecule has 1 aliphatic rings. The van der Waals surface area contributed by atoms with Crippen LogP contribution >= 0.6 is 0 Å². The van der Waals surface area contributed by atoms with E-state index in [1.807, 2.05) is 30.3 Å². The lowest BCUT2D eigenvalue weighted by Gasteiger charge is -2.40. The molecule has 1 saturated heterocycles. The Morgan fingerprint density at radius 2 is 1.84 bits per heavy atom. The molecule has 4 rings (SSSR count). The molecule has 1 fully saturated rings. The molecule has 2 aromatic heterocycles. The number of hydrogen-bond donors (Lipinski definition) is 2. The van der Waals surface area contributed by atoms with E-state index in [1.165, 1.54) is 0 Å². The van der Waals surface area contributed by atoms with Gasteiger partial charge in [0.15, 0.2) is 0 Å². The highest BCUT2D eigenvalue weighted by Crippen LogP contribution is 2.34. The van der Waals surface area contributed by atoms with Crippen LogP contribution in [0.3, 0.4) is 0 Å². The summed E-state index contributed by atoms with van der Waals surface area (Å²) >= 11 is 0. The van der Waals surface area contributed by atoms with E-state index in [2.05, 4.69) is 15.3 Å². The van der Waals surface area contributed by atoms with Crippen molar-refractivity contribution in [2.45, 2.75) is 18.3 Å². The SMILES string of the molecule is COc1ccc(Nc2ncccc2C(=O)N2CCC[C@@](C(N)=O)(c3ccccn3)C2)cc1. The van der Waals surface area contributed by atoms with Gasteiger partial charge in [0.1, 0.15) is 17.0 Å². The number of methoxy groups -OCH3 is 1. The van der Waals surface area contributed by atoms with Crippen LogP contribution in [-0.2, 0) is 10.2 Å². The number of anilines is 2. The van der Waals surface area contributed by atoms with Gasteiger partial charge in [-0.3, -0.25) is 14.6 Å². The monoisotopic (exact) mass is 431 g/mol. The van der Waals surface area contributed by atoms with E-state index < -0.39 is 11.3 Å². The topological polar surface area (TPSA) is 110 Å². The van der Waals surface area contributed by atoms with Gasteiger partial charge in [-0.15, -0.1) is 0 Å². The zero-order valence-electron chi connectivity index (χ0n) is 17.8. The van der Waals surface area contributed by atoms with Crippen molar-refractivity contribution in [2.24, 2.45) is 5.73 Å². The van der Waals surface area contributed by atoms with E-state index in [4.69, 9.17) is 10.5 Å². The number of likely N-dealkylation sites (tertiary alicyclic amines) is 1. The number of benzene rings is 1. The van der Waals surface area contributed by atoms with Crippen molar-refractivity contribution in [2.75, 3.05) is 25.5 Å². The van der Waals surface area contributed by atoms with Crippen molar-refractivity contribution >= 4 is 23.3 Å².